The first-order valence-electron chi connectivity index (χ1n) is 20.2. The molecule has 264 valence electrons. The van der Waals surface area contributed by atoms with Crippen LogP contribution in [0.4, 0.5) is 0 Å². The number of hydrogen-bond donors (Lipinski definition) is 0. The van der Waals surface area contributed by atoms with Gasteiger partial charge in [-0.1, -0.05) is 204 Å². The molecule has 0 saturated carbocycles. The number of unbranched alkanes of at least 4 members (excludes halogenated alkanes) is 24. The number of rotatable bonds is 30. The minimum absolute atomic E-state index is 0.737. The van der Waals surface area contributed by atoms with E-state index in [0.717, 1.165) is 64.1 Å². The van der Waals surface area contributed by atoms with Crippen molar-refractivity contribution >= 4 is 33.1 Å². The summed E-state index contributed by atoms with van der Waals surface area (Å²) in [4.78, 5) is 0. The summed E-state index contributed by atoms with van der Waals surface area (Å²) in [5.74, 6) is 1.92. The number of hydrogen-bond acceptors (Lipinski definition) is 2. The Kier molecular flexibility index (Phi) is 21.9. The Labute approximate surface area is 294 Å². The highest BCUT2D eigenvalue weighted by molar-refractivity contribution is 6.31. The predicted molar refractivity (Wildman–Crippen MR) is 209 cm³/mol. The second-order valence-electron chi connectivity index (χ2n) is 14.1. The summed E-state index contributed by atoms with van der Waals surface area (Å²) < 4.78 is 13.1. The van der Waals surface area contributed by atoms with Gasteiger partial charge in [0.2, 0.25) is 0 Å². The molecule has 0 heterocycles. The molecule has 0 aliphatic rings. The molecular formula is C44H69ClO2. The highest BCUT2D eigenvalue weighted by Crippen LogP contribution is 2.43. The standard InChI is InChI=1S/C44H69ClO2/c1-3-5-7-9-11-13-15-17-19-21-23-25-29-35-46-43-39-31-27-28-32-40(39)44(42-37-38(45)33-34-41(42)43)47-36-30-26-24-22-20-18-16-14-12-10-8-6-4-2/h27-28,31-34,37H,3-26,29-30,35-36H2,1-2H3. The van der Waals surface area contributed by atoms with Crippen LogP contribution in [0, 0.1) is 0 Å². The van der Waals surface area contributed by atoms with Gasteiger partial charge in [-0.15, -0.1) is 0 Å². The molecule has 0 atom stereocenters. The zero-order chi connectivity index (χ0) is 33.2. The van der Waals surface area contributed by atoms with Crippen molar-refractivity contribution in [2.75, 3.05) is 13.2 Å². The van der Waals surface area contributed by atoms with Crippen LogP contribution in [-0.4, -0.2) is 13.2 Å². The van der Waals surface area contributed by atoms with Gasteiger partial charge in [-0.25, -0.2) is 0 Å². The number of ether oxygens (including phenoxy) is 2. The Morgan fingerprint density at radius 2 is 0.702 bits per heavy atom. The van der Waals surface area contributed by atoms with Gasteiger partial charge < -0.3 is 9.47 Å². The molecule has 0 aromatic heterocycles. The zero-order valence-electron chi connectivity index (χ0n) is 30.5. The third-order valence-electron chi connectivity index (χ3n) is 9.88. The summed E-state index contributed by atoms with van der Waals surface area (Å²) in [7, 11) is 0. The highest BCUT2D eigenvalue weighted by atomic mass is 35.5. The third kappa shape index (κ3) is 15.9. The van der Waals surface area contributed by atoms with E-state index in [0.29, 0.717) is 0 Å². The first-order valence-corrected chi connectivity index (χ1v) is 20.5. The lowest BCUT2D eigenvalue weighted by Crippen LogP contribution is -2.02. The Bertz CT molecular complexity index is 1200. The second kappa shape index (κ2) is 26.0. The van der Waals surface area contributed by atoms with E-state index in [9.17, 15) is 0 Å². The Morgan fingerprint density at radius 1 is 0.383 bits per heavy atom. The van der Waals surface area contributed by atoms with Crippen LogP contribution < -0.4 is 9.47 Å². The molecule has 0 N–H and O–H groups in total. The molecule has 2 nitrogen and oxygen atoms in total. The van der Waals surface area contributed by atoms with Gasteiger partial charge in [-0.2, -0.15) is 0 Å². The van der Waals surface area contributed by atoms with Gasteiger partial charge >= 0.3 is 0 Å². The van der Waals surface area contributed by atoms with E-state index in [-0.39, 0.29) is 0 Å². The molecule has 0 aliphatic heterocycles. The topological polar surface area (TPSA) is 18.5 Å². The molecule has 0 radical (unpaired) electrons. The van der Waals surface area contributed by atoms with Gasteiger partial charge in [0.25, 0.3) is 0 Å². The van der Waals surface area contributed by atoms with E-state index in [1.165, 1.54) is 154 Å². The van der Waals surface area contributed by atoms with Crippen LogP contribution in [0.25, 0.3) is 21.5 Å². The third-order valence-corrected chi connectivity index (χ3v) is 10.1. The lowest BCUT2D eigenvalue weighted by Gasteiger charge is -2.18. The van der Waals surface area contributed by atoms with Crippen LogP contribution in [0.2, 0.25) is 5.02 Å². The van der Waals surface area contributed by atoms with E-state index in [1.807, 2.05) is 6.07 Å². The van der Waals surface area contributed by atoms with Crippen molar-refractivity contribution in [3.8, 4) is 11.5 Å². The maximum atomic E-state index is 6.56. The maximum Gasteiger partial charge on any atom is 0.135 e. The van der Waals surface area contributed by atoms with Crippen LogP contribution in [-0.2, 0) is 0 Å². The molecule has 0 spiro atoms. The van der Waals surface area contributed by atoms with Crippen LogP contribution in [0.3, 0.4) is 0 Å². The van der Waals surface area contributed by atoms with Crippen molar-refractivity contribution in [2.45, 2.75) is 181 Å². The van der Waals surface area contributed by atoms with Crippen LogP contribution >= 0.6 is 11.6 Å². The fourth-order valence-electron chi connectivity index (χ4n) is 6.97. The lowest BCUT2D eigenvalue weighted by atomic mass is 10.0. The van der Waals surface area contributed by atoms with E-state index in [1.54, 1.807) is 0 Å². The SMILES string of the molecule is CCCCCCCCCCCCCCCOc1c2ccccc2c(OCCCCCCCCCCCCCCC)c2cc(Cl)ccc12. The van der Waals surface area contributed by atoms with Crippen LogP contribution in [0.15, 0.2) is 42.5 Å². The average molecular weight is 665 g/mol. The molecule has 3 aromatic carbocycles. The fraction of sp³-hybridized carbons (Fsp3) is 0.682. The molecule has 0 saturated heterocycles. The quantitative estimate of drug-likeness (QED) is 0.0521. The van der Waals surface area contributed by atoms with Crippen molar-refractivity contribution in [1.29, 1.82) is 0 Å². The molecule has 0 aliphatic carbocycles. The van der Waals surface area contributed by atoms with Gasteiger partial charge in [-0.3, -0.25) is 0 Å². The number of halogens is 1. The molecule has 0 bridgehead atoms. The summed E-state index contributed by atoms with van der Waals surface area (Å²) in [6.45, 7) is 6.07. The lowest BCUT2D eigenvalue weighted by molar-refractivity contribution is 0.306. The van der Waals surface area contributed by atoms with Crippen molar-refractivity contribution in [3.05, 3.63) is 47.5 Å². The summed E-state index contributed by atoms with van der Waals surface area (Å²) in [5.41, 5.74) is 0. The molecule has 3 aromatic rings. The van der Waals surface area contributed by atoms with E-state index in [2.05, 4.69) is 50.2 Å². The maximum absolute atomic E-state index is 6.56. The highest BCUT2D eigenvalue weighted by Gasteiger charge is 2.16. The van der Waals surface area contributed by atoms with Crippen molar-refractivity contribution in [1.82, 2.24) is 0 Å². The minimum Gasteiger partial charge on any atom is -0.492 e. The second-order valence-corrected chi connectivity index (χ2v) is 14.5. The number of fused-ring (bicyclic) bond motifs is 2. The molecule has 0 fully saturated rings. The molecule has 3 rings (SSSR count). The predicted octanol–water partition coefficient (Wildman–Crippen LogP) is 15.6. The van der Waals surface area contributed by atoms with E-state index in [4.69, 9.17) is 21.1 Å². The Morgan fingerprint density at radius 3 is 1.09 bits per heavy atom. The van der Waals surface area contributed by atoms with Crippen molar-refractivity contribution < 1.29 is 9.47 Å². The minimum atomic E-state index is 0.737. The van der Waals surface area contributed by atoms with Gasteiger partial charge in [0, 0.05) is 26.6 Å². The molecular weight excluding hydrogens is 596 g/mol. The van der Waals surface area contributed by atoms with Crippen LogP contribution in [0.1, 0.15) is 181 Å². The van der Waals surface area contributed by atoms with Gasteiger partial charge in [0.1, 0.15) is 11.5 Å². The van der Waals surface area contributed by atoms with Crippen molar-refractivity contribution in [2.24, 2.45) is 0 Å². The van der Waals surface area contributed by atoms with Gasteiger partial charge in [0.05, 0.1) is 13.2 Å². The molecule has 47 heavy (non-hydrogen) atoms. The molecule has 3 heteroatoms. The van der Waals surface area contributed by atoms with E-state index < -0.39 is 0 Å². The van der Waals surface area contributed by atoms with Crippen LogP contribution in [0.5, 0.6) is 11.5 Å². The average Bonchev–Trinajstić information content (AvgIpc) is 3.09. The van der Waals surface area contributed by atoms with Gasteiger partial charge in [-0.05, 0) is 31.0 Å². The summed E-state index contributed by atoms with van der Waals surface area (Å²) in [5, 5.41) is 5.16. The smallest absolute Gasteiger partial charge is 0.135 e. The summed E-state index contributed by atoms with van der Waals surface area (Å²) in [6.07, 6.45) is 35.3. The summed E-state index contributed by atoms with van der Waals surface area (Å²) >= 11 is 6.53. The van der Waals surface area contributed by atoms with E-state index >= 15 is 0 Å². The first kappa shape index (κ1) is 39.5. The normalized spacial score (nSPS) is 11.6. The fourth-order valence-corrected chi connectivity index (χ4v) is 7.14. The molecule has 0 amide bonds. The molecule has 0 unspecified atom stereocenters. The zero-order valence-corrected chi connectivity index (χ0v) is 31.3. The number of benzene rings is 3. The summed E-state index contributed by atoms with van der Waals surface area (Å²) in [6, 6.07) is 14.7. The monoisotopic (exact) mass is 664 g/mol. The largest absolute Gasteiger partial charge is 0.492 e. The Balaban J connectivity index is 1.39. The Hall–Kier alpha value is -1.93. The first-order chi connectivity index (χ1) is 23.3. The van der Waals surface area contributed by atoms with Crippen molar-refractivity contribution in [3.63, 3.8) is 0 Å². The van der Waals surface area contributed by atoms with Gasteiger partial charge in [0.15, 0.2) is 0 Å².